The van der Waals surface area contributed by atoms with Crippen LogP contribution in [0.15, 0.2) is 0 Å². The lowest BCUT2D eigenvalue weighted by atomic mass is 9.86. The molecule has 3 N–H and O–H groups in total. The average Bonchev–Trinajstić information content (AvgIpc) is 2.83. The van der Waals surface area contributed by atoms with Crippen LogP contribution in [0, 0.1) is 5.92 Å². The highest BCUT2D eigenvalue weighted by Gasteiger charge is 2.32. The lowest BCUT2D eigenvalue weighted by Crippen LogP contribution is -2.55. The van der Waals surface area contributed by atoms with Crippen LogP contribution in [0.1, 0.15) is 46.0 Å². The van der Waals surface area contributed by atoms with Crippen LogP contribution < -0.4 is 11.1 Å². The Labute approximate surface area is 106 Å². The molecule has 0 aromatic carbocycles. The number of hydrogen-bond acceptors (Lipinski definition) is 3. The summed E-state index contributed by atoms with van der Waals surface area (Å²) in [5.74, 6) is 0.789. The molecule has 3 nitrogen and oxygen atoms in total. The number of rotatable bonds is 4. The Balaban J connectivity index is 1.86. The van der Waals surface area contributed by atoms with E-state index in [1.165, 1.54) is 38.8 Å². The van der Waals surface area contributed by atoms with E-state index in [0.717, 1.165) is 25.4 Å². The molecule has 2 rings (SSSR count). The van der Waals surface area contributed by atoms with Crippen molar-refractivity contribution in [1.82, 2.24) is 10.2 Å². The van der Waals surface area contributed by atoms with E-state index in [1.807, 2.05) is 0 Å². The minimum absolute atomic E-state index is 0.268. The van der Waals surface area contributed by atoms with Crippen molar-refractivity contribution in [2.45, 2.75) is 57.5 Å². The van der Waals surface area contributed by atoms with E-state index in [9.17, 15) is 0 Å². The Bertz CT molecular complexity index is 228. The smallest absolute Gasteiger partial charge is 0.0169 e. The van der Waals surface area contributed by atoms with Crippen molar-refractivity contribution in [1.29, 1.82) is 0 Å². The zero-order chi connectivity index (χ0) is 12.3. The second-order valence-corrected chi connectivity index (χ2v) is 6.46. The van der Waals surface area contributed by atoms with Crippen LogP contribution in [0.2, 0.25) is 0 Å². The summed E-state index contributed by atoms with van der Waals surface area (Å²) in [6, 6.07) is 0.405. The molecular weight excluding hydrogens is 210 g/mol. The Morgan fingerprint density at radius 1 is 1.24 bits per heavy atom. The molecule has 0 spiro atoms. The third-order valence-electron chi connectivity index (χ3n) is 4.71. The molecule has 2 aliphatic rings. The molecule has 1 saturated carbocycles. The molecule has 0 radical (unpaired) electrons. The van der Waals surface area contributed by atoms with Gasteiger partial charge in [-0.15, -0.1) is 0 Å². The molecule has 0 aromatic heterocycles. The van der Waals surface area contributed by atoms with Crippen LogP contribution in [0.3, 0.4) is 0 Å². The SMILES string of the molecule is CC(C)(CC(N)C1CCCC1)N1CCNCC1. The van der Waals surface area contributed by atoms with Crippen LogP contribution in [0.4, 0.5) is 0 Å². The van der Waals surface area contributed by atoms with Crippen molar-refractivity contribution >= 4 is 0 Å². The fourth-order valence-corrected chi connectivity index (χ4v) is 3.53. The van der Waals surface area contributed by atoms with Crippen LogP contribution >= 0.6 is 0 Å². The highest BCUT2D eigenvalue weighted by molar-refractivity contribution is 4.90. The third-order valence-corrected chi connectivity index (χ3v) is 4.71. The van der Waals surface area contributed by atoms with Gasteiger partial charge in [0.05, 0.1) is 0 Å². The van der Waals surface area contributed by atoms with Gasteiger partial charge in [-0.3, -0.25) is 4.90 Å². The van der Waals surface area contributed by atoms with Gasteiger partial charge in [-0.05, 0) is 39.0 Å². The summed E-state index contributed by atoms with van der Waals surface area (Å²) in [7, 11) is 0. The normalized spacial score (nSPS) is 26.3. The fraction of sp³-hybridized carbons (Fsp3) is 1.00. The van der Waals surface area contributed by atoms with Gasteiger partial charge >= 0.3 is 0 Å². The standard InChI is InChI=1S/C14H29N3/c1-14(2,17-9-7-16-8-10-17)11-13(15)12-5-3-4-6-12/h12-13,16H,3-11,15H2,1-2H3. The first kappa shape index (κ1) is 13.3. The molecule has 1 atom stereocenters. The molecule has 1 unspecified atom stereocenters. The van der Waals surface area contributed by atoms with E-state index in [2.05, 4.69) is 24.1 Å². The maximum atomic E-state index is 6.43. The van der Waals surface area contributed by atoms with Gasteiger partial charge in [0, 0.05) is 37.8 Å². The van der Waals surface area contributed by atoms with Gasteiger partial charge < -0.3 is 11.1 Å². The van der Waals surface area contributed by atoms with E-state index in [1.54, 1.807) is 0 Å². The van der Waals surface area contributed by atoms with Crippen molar-refractivity contribution in [2.24, 2.45) is 11.7 Å². The topological polar surface area (TPSA) is 41.3 Å². The summed E-state index contributed by atoms with van der Waals surface area (Å²) in [5, 5.41) is 3.42. The summed E-state index contributed by atoms with van der Waals surface area (Å²) in [4.78, 5) is 2.61. The zero-order valence-electron chi connectivity index (χ0n) is 11.5. The fourth-order valence-electron chi connectivity index (χ4n) is 3.53. The van der Waals surface area contributed by atoms with E-state index in [-0.39, 0.29) is 5.54 Å². The first-order valence-corrected chi connectivity index (χ1v) is 7.31. The number of hydrogen-bond donors (Lipinski definition) is 2. The Morgan fingerprint density at radius 2 is 1.82 bits per heavy atom. The van der Waals surface area contributed by atoms with Crippen LogP contribution in [0.25, 0.3) is 0 Å². The van der Waals surface area contributed by atoms with Crippen molar-refractivity contribution in [2.75, 3.05) is 26.2 Å². The number of nitrogens with zero attached hydrogens (tertiary/aromatic N) is 1. The number of piperazine rings is 1. The summed E-state index contributed by atoms with van der Waals surface area (Å²) in [5.41, 5.74) is 6.70. The summed E-state index contributed by atoms with van der Waals surface area (Å²) in [6.45, 7) is 9.33. The first-order valence-electron chi connectivity index (χ1n) is 7.31. The van der Waals surface area contributed by atoms with Crippen LogP contribution in [-0.4, -0.2) is 42.7 Å². The van der Waals surface area contributed by atoms with Gasteiger partial charge in [-0.2, -0.15) is 0 Å². The minimum atomic E-state index is 0.268. The van der Waals surface area contributed by atoms with E-state index in [0.29, 0.717) is 6.04 Å². The first-order chi connectivity index (χ1) is 8.09. The lowest BCUT2D eigenvalue weighted by molar-refractivity contribution is 0.0831. The molecule has 1 saturated heterocycles. The van der Waals surface area contributed by atoms with Crippen molar-refractivity contribution in [3.05, 3.63) is 0 Å². The van der Waals surface area contributed by atoms with E-state index >= 15 is 0 Å². The molecule has 0 bridgehead atoms. The molecule has 17 heavy (non-hydrogen) atoms. The average molecular weight is 239 g/mol. The minimum Gasteiger partial charge on any atom is -0.327 e. The Morgan fingerprint density at radius 3 is 2.41 bits per heavy atom. The molecule has 1 heterocycles. The predicted molar refractivity (Wildman–Crippen MR) is 73.1 cm³/mol. The molecule has 2 fully saturated rings. The molecule has 0 aromatic rings. The van der Waals surface area contributed by atoms with Crippen molar-refractivity contribution in [3.8, 4) is 0 Å². The summed E-state index contributed by atoms with van der Waals surface area (Å²) < 4.78 is 0. The van der Waals surface area contributed by atoms with Crippen LogP contribution in [-0.2, 0) is 0 Å². The molecule has 100 valence electrons. The highest BCUT2D eigenvalue weighted by atomic mass is 15.2. The van der Waals surface area contributed by atoms with Gasteiger partial charge in [0.2, 0.25) is 0 Å². The lowest BCUT2D eigenvalue weighted by Gasteiger charge is -2.43. The van der Waals surface area contributed by atoms with E-state index in [4.69, 9.17) is 5.73 Å². The van der Waals surface area contributed by atoms with Crippen LogP contribution in [0.5, 0.6) is 0 Å². The maximum Gasteiger partial charge on any atom is 0.0169 e. The van der Waals surface area contributed by atoms with Crippen molar-refractivity contribution in [3.63, 3.8) is 0 Å². The van der Waals surface area contributed by atoms with Crippen molar-refractivity contribution < 1.29 is 0 Å². The predicted octanol–water partition coefficient (Wildman–Crippen LogP) is 1.58. The monoisotopic (exact) mass is 239 g/mol. The maximum absolute atomic E-state index is 6.43. The second kappa shape index (κ2) is 5.68. The molecule has 1 aliphatic heterocycles. The van der Waals surface area contributed by atoms with Gasteiger partial charge in [0.25, 0.3) is 0 Å². The molecule has 1 aliphatic carbocycles. The number of nitrogens with two attached hydrogens (primary N) is 1. The highest BCUT2D eigenvalue weighted by Crippen LogP contribution is 2.31. The second-order valence-electron chi connectivity index (χ2n) is 6.46. The van der Waals surface area contributed by atoms with Gasteiger partial charge in [-0.1, -0.05) is 12.8 Å². The molecule has 0 amide bonds. The zero-order valence-corrected chi connectivity index (χ0v) is 11.5. The van der Waals surface area contributed by atoms with Gasteiger partial charge in [0.1, 0.15) is 0 Å². The number of nitrogens with one attached hydrogen (secondary N) is 1. The van der Waals surface area contributed by atoms with Gasteiger partial charge in [0.15, 0.2) is 0 Å². The van der Waals surface area contributed by atoms with E-state index < -0.39 is 0 Å². The molecular formula is C14H29N3. The summed E-state index contributed by atoms with van der Waals surface area (Å²) in [6.07, 6.45) is 6.66. The largest absolute Gasteiger partial charge is 0.327 e. The Hall–Kier alpha value is -0.120. The Kier molecular flexibility index (Phi) is 4.45. The third kappa shape index (κ3) is 3.43. The van der Waals surface area contributed by atoms with Gasteiger partial charge in [-0.25, -0.2) is 0 Å². The summed E-state index contributed by atoms with van der Waals surface area (Å²) >= 11 is 0. The quantitative estimate of drug-likeness (QED) is 0.782. The molecule has 3 heteroatoms.